The fourth-order valence-electron chi connectivity index (χ4n) is 5.15. The minimum Gasteiger partial charge on any atom is -0.455 e. The highest BCUT2D eigenvalue weighted by molar-refractivity contribution is 6.15. The highest BCUT2D eigenvalue weighted by atomic mass is 16.3. The van der Waals surface area contributed by atoms with Crippen LogP contribution in [0.2, 0.25) is 0 Å². The summed E-state index contributed by atoms with van der Waals surface area (Å²) < 4.78 is 6.36. The zero-order chi connectivity index (χ0) is 23.6. The van der Waals surface area contributed by atoms with E-state index in [0.717, 1.165) is 49.9 Å². The average molecular weight is 445 g/mol. The highest BCUT2D eigenvalue weighted by Crippen LogP contribution is 2.40. The summed E-state index contributed by atoms with van der Waals surface area (Å²) in [6.45, 7) is 11.0. The Morgan fingerprint density at radius 2 is 1.53 bits per heavy atom. The molecular weight excluding hydrogens is 416 g/mol. The van der Waals surface area contributed by atoms with Gasteiger partial charge in [-0.1, -0.05) is 76.2 Å². The van der Waals surface area contributed by atoms with Gasteiger partial charge in [0.05, 0.1) is 11.2 Å². The second-order valence-electron chi connectivity index (χ2n) is 9.88. The van der Waals surface area contributed by atoms with E-state index in [-0.39, 0.29) is 0 Å². The SMILES string of the molecule is Cc1nc(-c2cccc3c2oc2ccccc23)c2ccc3cc(C(C)C)cc(C(C)C)c3c2n1. The number of para-hydroxylation sites is 2. The van der Waals surface area contributed by atoms with Gasteiger partial charge in [0.15, 0.2) is 0 Å². The third-order valence-corrected chi connectivity index (χ3v) is 6.89. The van der Waals surface area contributed by atoms with Crippen molar-refractivity contribution in [1.29, 1.82) is 0 Å². The average Bonchev–Trinajstić information content (AvgIpc) is 3.21. The van der Waals surface area contributed by atoms with Gasteiger partial charge in [-0.15, -0.1) is 0 Å². The number of rotatable bonds is 3. The number of furan rings is 1. The van der Waals surface area contributed by atoms with Gasteiger partial charge in [0.25, 0.3) is 0 Å². The first kappa shape index (κ1) is 20.9. The molecule has 0 radical (unpaired) electrons. The van der Waals surface area contributed by atoms with Crippen LogP contribution in [0.4, 0.5) is 0 Å². The number of aryl methyl sites for hydroxylation is 1. The lowest BCUT2D eigenvalue weighted by Crippen LogP contribution is -2.00. The molecule has 3 heteroatoms. The van der Waals surface area contributed by atoms with Crippen LogP contribution in [-0.4, -0.2) is 9.97 Å². The molecule has 0 saturated carbocycles. The number of hydrogen-bond donors (Lipinski definition) is 0. The lowest BCUT2D eigenvalue weighted by atomic mass is 9.88. The summed E-state index contributed by atoms with van der Waals surface area (Å²) in [5.41, 5.74) is 7.44. The summed E-state index contributed by atoms with van der Waals surface area (Å²) in [5, 5.41) is 5.78. The zero-order valence-corrected chi connectivity index (χ0v) is 20.3. The van der Waals surface area contributed by atoms with Crippen molar-refractivity contribution in [1.82, 2.24) is 9.97 Å². The van der Waals surface area contributed by atoms with E-state index in [9.17, 15) is 0 Å². The molecule has 0 aliphatic rings. The molecule has 4 aromatic carbocycles. The largest absolute Gasteiger partial charge is 0.455 e. The molecule has 168 valence electrons. The minimum absolute atomic E-state index is 0.393. The Morgan fingerprint density at radius 3 is 2.32 bits per heavy atom. The first-order valence-corrected chi connectivity index (χ1v) is 12.1. The van der Waals surface area contributed by atoms with Crippen LogP contribution in [0.25, 0.3) is 54.9 Å². The van der Waals surface area contributed by atoms with Crippen LogP contribution in [0.3, 0.4) is 0 Å². The summed E-state index contributed by atoms with van der Waals surface area (Å²) in [5.74, 6) is 1.64. The molecule has 0 amide bonds. The number of fused-ring (bicyclic) bond motifs is 6. The lowest BCUT2D eigenvalue weighted by Gasteiger charge is -2.17. The first-order chi connectivity index (χ1) is 16.4. The number of benzene rings is 4. The molecule has 0 fully saturated rings. The number of nitrogens with zero attached hydrogens (tertiary/aromatic N) is 2. The topological polar surface area (TPSA) is 38.9 Å². The van der Waals surface area contributed by atoms with E-state index in [0.29, 0.717) is 11.8 Å². The Bertz CT molecular complexity index is 1720. The quantitative estimate of drug-likeness (QED) is 0.256. The van der Waals surface area contributed by atoms with E-state index in [1.165, 1.54) is 21.9 Å². The summed E-state index contributed by atoms with van der Waals surface area (Å²) in [6, 6.07) is 23.6. The molecular formula is C31H28N2O. The van der Waals surface area contributed by atoms with Gasteiger partial charge in [-0.05, 0) is 53.5 Å². The molecule has 0 bridgehead atoms. The molecule has 6 aromatic rings. The maximum atomic E-state index is 6.36. The van der Waals surface area contributed by atoms with Crippen molar-refractivity contribution in [3.05, 3.63) is 83.7 Å². The molecule has 0 aliphatic carbocycles. The van der Waals surface area contributed by atoms with Gasteiger partial charge in [0, 0.05) is 27.1 Å². The summed E-state index contributed by atoms with van der Waals surface area (Å²) in [4.78, 5) is 9.94. The molecule has 0 atom stereocenters. The third-order valence-electron chi connectivity index (χ3n) is 6.89. The second-order valence-corrected chi connectivity index (χ2v) is 9.88. The molecule has 0 aliphatic heterocycles. The van der Waals surface area contributed by atoms with Crippen molar-refractivity contribution in [3.8, 4) is 11.3 Å². The first-order valence-electron chi connectivity index (χ1n) is 12.1. The van der Waals surface area contributed by atoms with E-state index >= 15 is 0 Å². The second kappa shape index (κ2) is 7.66. The van der Waals surface area contributed by atoms with Crippen molar-refractivity contribution >= 4 is 43.6 Å². The number of aromatic nitrogens is 2. The molecule has 0 unspecified atom stereocenters. The predicted octanol–water partition coefficient (Wildman–Crippen LogP) is 8.90. The maximum Gasteiger partial charge on any atom is 0.144 e. The van der Waals surface area contributed by atoms with Gasteiger partial charge < -0.3 is 4.42 Å². The van der Waals surface area contributed by atoms with Crippen LogP contribution >= 0.6 is 0 Å². The highest BCUT2D eigenvalue weighted by Gasteiger charge is 2.19. The van der Waals surface area contributed by atoms with Crippen molar-refractivity contribution < 1.29 is 4.42 Å². The van der Waals surface area contributed by atoms with Gasteiger partial charge in [0.2, 0.25) is 0 Å². The van der Waals surface area contributed by atoms with Crippen molar-refractivity contribution in [2.24, 2.45) is 0 Å². The van der Waals surface area contributed by atoms with Crippen LogP contribution in [0.1, 0.15) is 56.5 Å². The standard InChI is InChI=1S/C31H28N2O/c1-17(2)21-15-20-13-14-24-29(32-19(5)33-30(24)28(20)26(16-21)18(3)4)25-11-8-10-23-22-9-6-7-12-27(22)34-31(23)25/h6-18H,1-5H3. The Morgan fingerprint density at radius 1 is 0.735 bits per heavy atom. The lowest BCUT2D eigenvalue weighted by molar-refractivity contribution is 0.670. The molecule has 0 spiro atoms. The van der Waals surface area contributed by atoms with Crippen molar-refractivity contribution in [3.63, 3.8) is 0 Å². The Hall–Kier alpha value is -3.72. The normalized spacial score (nSPS) is 12.2. The molecule has 6 rings (SSSR count). The van der Waals surface area contributed by atoms with E-state index in [4.69, 9.17) is 14.4 Å². The van der Waals surface area contributed by atoms with Gasteiger partial charge in [-0.25, -0.2) is 9.97 Å². The van der Waals surface area contributed by atoms with Gasteiger partial charge in [-0.2, -0.15) is 0 Å². The molecule has 3 nitrogen and oxygen atoms in total. The molecule has 34 heavy (non-hydrogen) atoms. The summed E-state index contributed by atoms with van der Waals surface area (Å²) in [7, 11) is 0. The summed E-state index contributed by atoms with van der Waals surface area (Å²) >= 11 is 0. The van der Waals surface area contributed by atoms with E-state index < -0.39 is 0 Å². The smallest absolute Gasteiger partial charge is 0.144 e. The molecule has 0 saturated heterocycles. The predicted molar refractivity (Wildman–Crippen MR) is 143 cm³/mol. The van der Waals surface area contributed by atoms with Gasteiger partial charge in [-0.3, -0.25) is 0 Å². The van der Waals surface area contributed by atoms with Crippen molar-refractivity contribution in [2.45, 2.75) is 46.5 Å². The van der Waals surface area contributed by atoms with E-state index in [2.05, 4.69) is 82.3 Å². The van der Waals surface area contributed by atoms with E-state index in [1.807, 2.05) is 19.1 Å². The zero-order valence-electron chi connectivity index (χ0n) is 20.3. The van der Waals surface area contributed by atoms with Crippen LogP contribution in [0.5, 0.6) is 0 Å². The van der Waals surface area contributed by atoms with Crippen LogP contribution in [-0.2, 0) is 0 Å². The van der Waals surface area contributed by atoms with Gasteiger partial charge in [0.1, 0.15) is 17.0 Å². The Labute approximate surface area is 199 Å². The Balaban J connectivity index is 1.73. The van der Waals surface area contributed by atoms with Crippen molar-refractivity contribution in [2.75, 3.05) is 0 Å². The van der Waals surface area contributed by atoms with Crippen LogP contribution < -0.4 is 0 Å². The van der Waals surface area contributed by atoms with Crippen LogP contribution in [0.15, 0.2) is 71.1 Å². The van der Waals surface area contributed by atoms with Crippen LogP contribution in [0, 0.1) is 6.92 Å². The fraction of sp³-hybridized carbons (Fsp3) is 0.226. The van der Waals surface area contributed by atoms with E-state index in [1.54, 1.807) is 0 Å². The molecule has 2 aromatic heterocycles. The van der Waals surface area contributed by atoms with Gasteiger partial charge >= 0.3 is 0 Å². The molecule has 2 heterocycles. The maximum absolute atomic E-state index is 6.36. The summed E-state index contributed by atoms with van der Waals surface area (Å²) in [6.07, 6.45) is 0. The number of hydrogen-bond acceptors (Lipinski definition) is 3. The third kappa shape index (κ3) is 3.11. The fourth-order valence-corrected chi connectivity index (χ4v) is 5.15. The Kier molecular flexibility index (Phi) is 4.70. The molecule has 0 N–H and O–H groups in total. The monoisotopic (exact) mass is 444 g/mol. The minimum atomic E-state index is 0.393.